The Morgan fingerprint density at radius 3 is 2.67 bits per heavy atom. The van der Waals surface area contributed by atoms with Gasteiger partial charge in [0.15, 0.2) is 5.82 Å². The van der Waals surface area contributed by atoms with E-state index in [-0.39, 0.29) is 5.82 Å². The van der Waals surface area contributed by atoms with Gasteiger partial charge in [0.05, 0.1) is 6.20 Å². The summed E-state index contributed by atoms with van der Waals surface area (Å²) in [6, 6.07) is 12.2. The molecule has 1 aromatic heterocycles. The van der Waals surface area contributed by atoms with Crippen molar-refractivity contribution in [2.75, 3.05) is 10.6 Å². The van der Waals surface area contributed by atoms with Crippen molar-refractivity contribution in [2.24, 2.45) is 0 Å². The Bertz CT molecular complexity index is 839. The standard InChI is InChI=1S/C17H15BrFN5/c1-11-8-13(18)4-7-15(11)22-17-23-16(10-21-24-17)20-9-12-2-5-14(19)6-3-12/h2-8,10H,9H2,1H3,(H2,20,22,23,24). The normalized spacial score (nSPS) is 10.5. The van der Waals surface area contributed by atoms with Crippen LogP contribution < -0.4 is 10.6 Å². The van der Waals surface area contributed by atoms with E-state index in [2.05, 4.69) is 41.7 Å². The van der Waals surface area contributed by atoms with Crippen molar-refractivity contribution in [3.63, 3.8) is 0 Å². The van der Waals surface area contributed by atoms with E-state index >= 15 is 0 Å². The first-order valence-electron chi connectivity index (χ1n) is 7.31. The van der Waals surface area contributed by atoms with Gasteiger partial charge in [-0.2, -0.15) is 10.1 Å². The number of nitrogens with zero attached hydrogens (tertiary/aromatic N) is 3. The second-order valence-corrected chi connectivity index (χ2v) is 6.15. The van der Waals surface area contributed by atoms with Crippen molar-refractivity contribution < 1.29 is 4.39 Å². The monoisotopic (exact) mass is 387 g/mol. The van der Waals surface area contributed by atoms with Crippen molar-refractivity contribution in [3.05, 3.63) is 70.1 Å². The van der Waals surface area contributed by atoms with Crippen LogP contribution in [-0.2, 0) is 6.54 Å². The molecule has 0 atom stereocenters. The van der Waals surface area contributed by atoms with Crippen LogP contribution in [0.5, 0.6) is 0 Å². The number of rotatable bonds is 5. The van der Waals surface area contributed by atoms with Crippen LogP contribution in [0.2, 0.25) is 0 Å². The molecule has 3 aromatic rings. The third-order valence-electron chi connectivity index (χ3n) is 3.38. The highest BCUT2D eigenvalue weighted by molar-refractivity contribution is 9.10. The summed E-state index contributed by atoms with van der Waals surface area (Å²) < 4.78 is 13.9. The second kappa shape index (κ2) is 7.35. The van der Waals surface area contributed by atoms with Crippen molar-refractivity contribution in [1.82, 2.24) is 15.2 Å². The molecule has 5 nitrogen and oxygen atoms in total. The molecule has 0 radical (unpaired) electrons. The molecule has 0 aliphatic heterocycles. The molecule has 3 rings (SSSR count). The maximum absolute atomic E-state index is 12.9. The predicted octanol–water partition coefficient (Wildman–Crippen LogP) is 4.44. The van der Waals surface area contributed by atoms with Gasteiger partial charge in [0.2, 0.25) is 5.95 Å². The molecule has 0 saturated carbocycles. The summed E-state index contributed by atoms with van der Waals surface area (Å²) in [5.41, 5.74) is 2.93. The van der Waals surface area contributed by atoms with Crippen LogP contribution in [0.15, 0.2) is 53.1 Å². The third kappa shape index (κ3) is 4.26. The lowest BCUT2D eigenvalue weighted by Crippen LogP contribution is -2.06. The summed E-state index contributed by atoms with van der Waals surface area (Å²) in [6.07, 6.45) is 1.54. The smallest absolute Gasteiger partial charge is 0.249 e. The van der Waals surface area contributed by atoms with Crippen LogP contribution >= 0.6 is 15.9 Å². The molecule has 0 unspecified atom stereocenters. The fourth-order valence-electron chi connectivity index (χ4n) is 2.12. The lowest BCUT2D eigenvalue weighted by atomic mass is 10.2. The molecule has 0 aliphatic rings. The summed E-state index contributed by atoms with van der Waals surface area (Å²) in [5, 5.41) is 14.2. The molecule has 1 heterocycles. The zero-order valence-corrected chi connectivity index (χ0v) is 14.5. The number of aryl methyl sites for hydroxylation is 1. The van der Waals surface area contributed by atoms with Crippen molar-refractivity contribution in [2.45, 2.75) is 13.5 Å². The van der Waals surface area contributed by atoms with E-state index in [9.17, 15) is 4.39 Å². The number of hydrogen-bond donors (Lipinski definition) is 2. The van der Waals surface area contributed by atoms with Crippen LogP contribution in [0, 0.1) is 12.7 Å². The summed E-state index contributed by atoms with van der Waals surface area (Å²) in [7, 11) is 0. The average Bonchev–Trinajstić information content (AvgIpc) is 2.57. The minimum atomic E-state index is -0.251. The van der Waals surface area contributed by atoms with Gasteiger partial charge in [-0.3, -0.25) is 0 Å². The number of aromatic nitrogens is 3. The Balaban J connectivity index is 1.68. The summed E-state index contributed by atoms with van der Waals surface area (Å²) in [4.78, 5) is 4.38. The largest absolute Gasteiger partial charge is 0.365 e. The number of nitrogens with one attached hydrogen (secondary N) is 2. The molecular weight excluding hydrogens is 373 g/mol. The minimum absolute atomic E-state index is 0.251. The van der Waals surface area contributed by atoms with E-state index < -0.39 is 0 Å². The van der Waals surface area contributed by atoms with Crippen LogP contribution in [0.4, 0.5) is 21.8 Å². The van der Waals surface area contributed by atoms with Gasteiger partial charge in [0, 0.05) is 16.7 Å². The fraction of sp³-hybridized carbons (Fsp3) is 0.118. The topological polar surface area (TPSA) is 62.7 Å². The Morgan fingerprint density at radius 2 is 1.92 bits per heavy atom. The third-order valence-corrected chi connectivity index (χ3v) is 3.87. The van der Waals surface area contributed by atoms with Crippen molar-refractivity contribution >= 4 is 33.4 Å². The van der Waals surface area contributed by atoms with E-state index in [0.29, 0.717) is 18.3 Å². The molecule has 2 aromatic carbocycles. The Labute approximate surface area is 147 Å². The van der Waals surface area contributed by atoms with Gasteiger partial charge >= 0.3 is 0 Å². The van der Waals surface area contributed by atoms with Gasteiger partial charge < -0.3 is 10.6 Å². The molecule has 0 bridgehead atoms. The zero-order valence-electron chi connectivity index (χ0n) is 12.9. The van der Waals surface area contributed by atoms with Gasteiger partial charge in [0.1, 0.15) is 5.82 Å². The maximum atomic E-state index is 12.9. The summed E-state index contributed by atoms with van der Waals surface area (Å²) in [6.45, 7) is 2.52. The predicted molar refractivity (Wildman–Crippen MR) is 95.7 cm³/mol. The van der Waals surface area contributed by atoms with Crippen molar-refractivity contribution in [3.8, 4) is 0 Å². The van der Waals surface area contributed by atoms with Gasteiger partial charge in [-0.05, 0) is 48.4 Å². The lowest BCUT2D eigenvalue weighted by Gasteiger charge is -2.10. The zero-order chi connectivity index (χ0) is 16.9. The molecule has 0 saturated heterocycles. The highest BCUT2D eigenvalue weighted by Gasteiger charge is 2.04. The first-order chi connectivity index (χ1) is 11.6. The molecule has 7 heteroatoms. The van der Waals surface area contributed by atoms with E-state index in [1.54, 1.807) is 18.3 Å². The van der Waals surface area contributed by atoms with Gasteiger partial charge in [0.25, 0.3) is 0 Å². The minimum Gasteiger partial charge on any atom is -0.365 e. The van der Waals surface area contributed by atoms with Crippen LogP contribution in [0.25, 0.3) is 0 Å². The highest BCUT2D eigenvalue weighted by atomic mass is 79.9. The SMILES string of the molecule is Cc1cc(Br)ccc1Nc1nncc(NCc2ccc(F)cc2)n1. The van der Waals surface area contributed by atoms with E-state index in [0.717, 1.165) is 21.3 Å². The van der Waals surface area contributed by atoms with Crippen LogP contribution in [-0.4, -0.2) is 15.2 Å². The quantitative estimate of drug-likeness (QED) is 0.677. The molecule has 2 N–H and O–H groups in total. The average molecular weight is 388 g/mol. The van der Waals surface area contributed by atoms with Crippen molar-refractivity contribution in [1.29, 1.82) is 0 Å². The first kappa shape index (κ1) is 16.3. The molecule has 24 heavy (non-hydrogen) atoms. The molecule has 0 amide bonds. The lowest BCUT2D eigenvalue weighted by molar-refractivity contribution is 0.627. The second-order valence-electron chi connectivity index (χ2n) is 5.23. The highest BCUT2D eigenvalue weighted by Crippen LogP contribution is 2.22. The Morgan fingerprint density at radius 1 is 1.12 bits per heavy atom. The number of halogens is 2. The number of benzene rings is 2. The Hall–Kier alpha value is -2.54. The first-order valence-corrected chi connectivity index (χ1v) is 8.11. The molecular formula is C17H15BrFN5. The Kier molecular flexibility index (Phi) is 5.00. The molecule has 0 spiro atoms. The van der Waals surface area contributed by atoms with Gasteiger partial charge in [-0.25, -0.2) is 4.39 Å². The molecule has 122 valence electrons. The van der Waals surface area contributed by atoms with E-state index in [1.165, 1.54) is 12.1 Å². The van der Waals surface area contributed by atoms with Gasteiger partial charge in [-0.1, -0.05) is 28.1 Å². The van der Waals surface area contributed by atoms with E-state index in [4.69, 9.17) is 0 Å². The number of hydrogen-bond acceptors (Lipinski definition) is 5. The van der Waals surface area contributed by atoms with Gasteiger partial charge in [-0.15, -0.1) is 5.10 Å². The number of anilines is 3. The van der Waals surface area contributed by atoms with Crippen LogP contribution in [0.1, 0.15) is 11.1 Å². The van der Waals surface area contributed by atoms with E-state index in [1.807, 2.05) is 25.1 Å². The summed E-state index contributed by atoms with van der Waals surface area (Å²) in [5.74, 6) is 0.745. The fourth-order valence-corrected chi connectivity index (χ4v) is 2.60. The van der Waals surface area contributed by atoms with Crippen LogP contribution in [0.3, 0.4) is 0 Å². The maximum Gasteiger partial charge on any atom is 0.249 e. The molecule has 0 aliphatic carbocycles. The molecule has 0 fully saturated rings. The summed E-state index contributed by atoms with van der Waals surface area (Å²) >= 11 is 3.44.